The van der Waals surface area contributed by atoms with Gasteiger partial charge < -0.3 is 15.4 Å². The van der Waals surface area contributed by atoms with Crippen LogP contribution in [0, 0.1) is 11.8 Å². The highest BCUT2D eigenvalue weighted by molar-refractivity contribution is 5.69. The largest absolute Gasteiger partial charge is 0.481 e. The van der Waals surface area contributed by atoms with Crippen LogP contribution in [0.2, 0.25) is 0 Å². The molecule has 0 amide bonds. The van der Waals surface area contributed by atoms with E-state index in [1.54, 1.807) is 0 Å². The summed E-state index contributed by atoms with van der Waals surface area (Å²) in [5.74, 6) is -0.0852. The number of aromatic nitrogens is 1. The molecule has 0 aliphatic heterocycles. The first kappa shape index (κ1) is 12.2. The lowest BCUT2D eigenvalue weighted by molar-refractivity contribution is -0.143. The zero-order chi connectivity index (χ0) is 12.1. The van der Waals surface area contributed by atoms with Crippen molar-refractivity contribution in [1.29, 1.82) is 0 Å². The Balaban J connectivity index is 1.63. The van der Waals surface area contributed by atoms with Crippen molar-refractivity contribution in [1.82, 2.24) is 10.3 Å². The molecule has 4 heteroatoms. The minimum atomic E-state index is -0.622. The predicted octanol–water partition coefficient (Wildman–Crippen LogP) is 2.00. The molecule has 0 aromatic carbocycles. The zero-order valence-electron chi connectivity index (χ0n) is 9.98. The first-order valence-electron chi connectivity index (χ1n) is 6.31. The Morgan fingerprint density at radius 2 is 2.18 bits per heavy atom. The zero-order valence-corrected chi connectivity index (χ0v) is 9.98. The fourth-order valence-electron chi connectivity index (χ4n) is 2.50. The highest BCUT2D eigenvalue weighted by Crippen LogP contribution is 2.28. The van der Waals surface area contributed by atoms with Crippen molar-refractivity contribution < 1.29 is 9.90 Å². The van der Waals surface area contributed by atoms with Crippen molar-refractivity contribution in [3.63, 3.8) is 0 Å². The molecule has 1 heterocycles. The molecule has 1 saturated carbocycles. The monoisotopic (exact) mass is 236 g/mol. The van der Waals surface area contributed by atoms with E-state index >= 15 is 0 Å². The van der Waals surface area contributed by atoms with Crippen LogP contribution in [0.5, 0.6) is 0 Å². The molecule has 1 aromatic rings. The summed E-state index contributed by atoms with van der Waals surface area (Å²) >= 11 is 0. The number of aliphatic carboxylic acids is 1. The minimum absolute atomic E-state index is 0.102. The van der Waals surface area contributed by atoms with Gasteiger partial charge in [0.2, 0.25) is 0 Å². The van der Waals surface area contributed by atoms with Crippen molar-refractivity contribution >= 4 is 5.97 Å². The van der Waals surface area contributed by atoms with Crippen molar-refractivity contribution in [3.05, 3.63) is 24.0 Å². The van der Waals surface area contributed by atoms with Gasteiger partial charge >= 0.3 is 5.97 Å². The molecule has 94 valence electrons. The minimum Gasteiger partial charge on any atom is -0.481 e. The normalized spacial score (nSPS) is 24.7. The van der Waals surface area contributed by atoms with Crippen LogP contribution in [-0.4, -0.2) is 22.6 Å². The number of hydrogen-bond acceptors (Lipinski definition) is 2. The van der Waals surface area contributed by atoms with Crippen molar-refractivity contribution in [2.45, 2.75) is 32.2 Å². The van der Waals surface area contributed by atoms with Gasteiger partial charge in [0.1, 0.15) is 0 Å². The van der Waals surface area contributed by atoms with Crippen LogP contribution in [0.25, 0.3) is 0 Å². The van der Waals surface area contributed by atoms with Crippen LogP contribution in [0.15, 0.2) is 18.3 Å². The van der Waals surface area contributed by atoms with Gasteiger partial charge in [-0.25, -0.2) is 0 Å². The SMILES string of the molecule is O=C(O)C1CCC(CNCc2ccc[nH]2)CC1. The number of aromatic amines is 1. The third kappa shape index (κ3) is 3.60. The average molecular weight is 236 g/mol. The number of carboxylic acid groups (broad SMARTS) is 1. The second-order valence-corrected chi connectivity index (χ2v) is 4.88. The van der Waals surface area contributed by atoms with E-state index in [0.29, 0.717) is 5.92 Å². The summed E-state index contributed by atoms with van der Waals surface area (Å²) in [4.78, 5) is 14.0. The van der Waals surface area contributed by atoms with Gasteiger partial charge in [0.05, 0.1) is 5.92 Å². The van der Waals surface area contributed by atoms with Crippen molar-refractivity contribution in [2.75, 3.05) is 6.54 Å². The molecule has 0 atom stereocenters. The number of hydrogen-bond donors (Lipinski definition) is 3. The molecule has 4 nitrogen and oxygen atoms in total. The summed E-state index contributed by atoms with van der Waals surface area (Å²) in [6.45, 7) is 1.86. The van der Waals surface area contributed by atoms with E-state index in [-0.39, 0.29) is 5.92 Å². The second kappa shape index (κ2) is 5.87. The molecule has 0 radical (unpaired) electrons. The van der Waals surface area contributed by atoms with Crippen LogP contribution >= 0.6 is 0 Å². The number of H-pyrrole nitrogens is 1. The quantitative estimate of drug-likeness (QED) is 0.732. The maximum atomic E-state index is 10.8. The Hall–Kier alpha value is -1.29. The molecule has 0 spiro atoms. The molecule has 1 aromatic heterocycles. The van der Waals surface area contributed by atoms with E-state index in [0.717, 1.165) is 38.8 Å². The fourth-order valence-corrected chi connectivity index (χ4v) is 2.50. The maximum absolute atomic E-state index is 10.8. The Labute approximate surface area is 101 Å². The first-order valence-corrected chi connectivity index (χ1v) is 6.31. The third-order valence-corrected chi connectivity index (χ3v) is 3.61. The summed E-state index contributed by atoms with van der Waals surface area (Å²) in [7, 11) is 0. The van der Waals surface area contributed by atoms with Crippen LogP contribution < -0.4 is 5.32 Å². The van der Waals surface area contributed by atoms with E-state index in [2.05, 4.69) is 16.4 Å². The number of carbonyl (C=O) groups is 1. The smallest absolute Gasteiger partial charge is 0.306 e. The molecule has 1 aliphatic rings. The number of rotatable bonds is 5. The number of carboxylic acids is 1. The second-order valence-electron chi connectivity index (χ2n) is 4.88. The van der Waals surface area contributed by atoms with E-state index in [1.807, 2.05) is 12.3 Å². The summed E-state index contributed by atoms with van der Waals surface area (Å²) in [5.41, 5.74) is 1.20. The predicted molar refractivity (Wildman–Crippen MR) is 65.6 cm³/mol. The van der Waals surface area contributed by atoms with Gasteiger partial charge in [0, 0.05) is 18.4 Å². The molecule has 1 aliphatic carbocycles. The summed E-state index contributed by atoms with van der Waals surface area (Å²) in [6.07, 6.45) is 5.67. The Morgan fingerprint density at radius 3 is 2.76 bits per heavy atom. The van der Waals surface area contributed by atoms with Gasteiger partial charge in [0.25, 0.3) is 0 Å². The van der Waals surface area contributed by atoms with Gasteiger partial charge in [0.15, 0.2) is 0 Å². The molecular weight excluding hydrogens is 216 g/mol. The standard InChI is InChI=1S/C13H20N2O2/c16-13(17)11-5-3-10(4-6-11)8-14-9-12-2-1-7-15-12/h1-2,7,10-11,14-15H,3-6,8-9H2,(H,16,17). The lowest BCUT2D eigenvalue weighted by Crippen LogP contribution is -2.28. The molecule has 3 N–H and O–H groups in total. The Morgan fingerprint density at radius 1 is 1.41 bits per heavy atom. The van der Waals surface area contributed by atoms with E-state index in [1.165, 1.54) is 5.69 Å². The number of nitrogens with one attached hydrogen (secondary N) is 2. The highest BCUT2D eigenvalue weighted by atomic mass is 16.4. The topological polar surface area (TPSA) is 65.1 Å². The summed E-state index contributed by atoms with van der Waals surface area (Å²) in [5, 5.41) is 12.3. The molecular formula is C13H20N2O2. The van der Waals surface area contributed by atoms with Crippen LogP contribution in [0.3, 0.4) is 0 Å². The third-order valence-electron chi connectivity index (χ3n) is 3.61. The average Bonchev–Trinajstić information content (AvgIpc) is 2.83. The van der Waals surface area contributed by atoms with Crippen LogP contribution in [0.4, 0.5) is 0 Å². The van der Waals surface area contributed by atoms with E-state index < -0.39 is 5.97 Å². The molecule has 17 heavy (non-hydrogen) atoms. The summed E-state index contributed by atoms with van der Waals surface area (Å²) < 4.78 is 0. The highest BCUT2D eigenvalue weighted by Gasteiger charge is 2.25. The summed E-state index contributed by atoms with van der Waals surface area (Å²) in [6, 6.07) is 4.06. The fraction of sp³-hybridized carbons (Fsp3) is 0.615. The van der Waals surface area contributed by atoms with E-state index in [9.17, 15) is 4.79 Å². The Kier molecular flexibility index (Phi) is 4.20. The molecule has 1 fully saturated rings. The van der Waals surface area contributed by atoms with Gasteiger partial charge in [-0.3, -0.25) is 4.79 Å². The Bertz CT molecular complexity index is 340. The molecule has 0 bridgehead atoms. The maximum Gasteiger partial charge on any atom is 0.306 e. The van der Waals surface area contributed by atoms with Gasteiger partial charge in [-0.15, -0.1) is 0 Å². The van der Waals surface area contributed by atoms with Crippen LogP contribution in [-0.2, 0) is 11.3 Å². The van der Waals surface area contributed by atoms with Crippen molar-refractivity contribution in [3.8, 4) is 0 Å². The van der Waals surface area contributed by atoms with Gasteiger partial charge in [-0.05, 0) is 50.3 Å². The van der Waals surface area contributed by atoms with E-state index in [4.69, 9.17) is 5.11 Å². The lowest BCUT2D eigenvalue weighted by atomic mass is 9.82. The molecule has 0 unspecified atom stereocenters. The molecule has 2 rings (SSSR count). The first-order chi connectivity index (χ1) is 8.25. The molecule has 0 saturated heterocycles. The van der Waals surface area contributed by atoms with Crippen molar-refractivity contribution in [2.24, 2.45) is 11.8 Å². The lowest BCUT2D eigenvalue weighted by Gasteiger charge is -2.26. The van der Waals surface area contributed by atoms with Gasteiger partial charge in [-0.2, -0.15) is 0 Å². The van der Waals surface area contributed by atoms with Gasteiger partial charge in [-0.1, -0.05) is 0 Å². The van der Waals surface area contributed by atoms with Crippen LogP contribution in [0.1, 0.15) is 31.4 Å².